The lowest BCUT2D eigenvalue weighted by atomic mass is 10.1. The highest BCUT2D eigenvalue weighted by Gasteiger charge is 2.31. The second-order valence-corrected chi connectivity index (χ2v) is 6.05. The third-order valence-electron chi connectivity index (χ3n) is 3.07. The smallest absolute Gasteiger partial charge is 0.345 e. The molecule has 0 bridgehead atoms. The number of nitrogens with one attached hydrogen (secondary N) is 2. The summed E-state index contributed by atoms with van der Waals surface area (Å²) in [5.41, 5.74) is -0.893. The van der Waals surface area contributed by atoms with Crippen LogP contribution >= 0.6 is 11.3 Å². The molecule has 12 heteroatoms. The van der Waals surface area contributed by atoms with E-state index in [0.29, 0.717) is 0 Å². The molecule has 0 spiro atoms. The summed E-state index contributed by atoms with van der Waals surface area (Å²) in [6.45, 7) is -2.23. The van der Waals surface area contributed by atoms with Gasteiger partial charge in [0, 0.05) is 10.9 Å². The molecule has 0 atom stereocenters. The maximum atomic E-state index is 12.7. The van der Waals surface area contributed by atoms with E-state index in [-0.39, 0.29) is 16.3 Å². The van der Waals surface area contributed by atoms with E-state index >= 15 is 0 Å². The van der Waals surface area contributed by atoms with Crippen molar-refractivity contribution >= 4 is 23.2 Å². The number of hydrogen-bond donors (Lipinski definition) is 2. The number of aromatic nitrogens is 1. The Hall–Kier alpha value is -2.63. The maximum absolute atomic E-state index is 12.7. The molecule has 0 unspecified atom stereocenters. The second-order valence-electron chi connectivity index (χ2n) is 5.19. The van der Waals surface area contributed by atoms with Crippen molar-refractivity contribution < 1.29 is 35.9 Å². The summed E-state index contributed by atoms with van der Waals surface area (Å²) in [5.74, 6) is -1.89. The fourth-order valence-electron chi connectivity index (χ4n) is 1.85. The molecular weight excluding hydrogens is 400 g/mol. The zero-order chi connectivity index (χ0) is 20.2. The van der Waals surface area contributed by atoms with Crippen LogP contribution in [0.3, 0.4) is 0 Å². The van der Waals surface area contributed by atoms with Gasteiger partial charge < -0.3 is 10.6 Å². The molecule has 0 saturated heterocycles. The standard InChI is InChI=1S/C15H11F6N3O2S/c16-14(17,18)7-23-11(25)5-22-12(26)10-6-27-13(24-10)8-2-1-3-9(4-8)15(19,20)21/h1-4,6H,5,7H2,(H,22,26)(H,23,25). The number of benzene rings is 1. The van der Waals surface area contributed by atoms with Gasteiger partial charge in [-0.2, -0.15) is 26.3 Å². The van der Waals surface area contributed by atoms with Gasteiger partial charge in [-0.3, -0.25) is 9.59 Å². The summed E-state index contributed by atoms with van der Waals surface area (Å²) < 4.78 is 74.1. The summed E-state index contributed by atoms with van der Waals surface area (Å²) in [6, 6.07) is 4.36. The topological polar surface area (TPSA) is 71.1 Å². The normalized spacial score (nSPS) is 11.9. The zero-order valence-electron chi connectivity index (χ0n) is 13.2. The largest absolute Gasteiger partial charge is 0.416 e. The number of halogens is 6. The lowest BCUT2D eigenvalue weighted by Crippen LogP contribution is -2.40. The predicted molar refractivity (Wildman–Crippen MR) is 83.9 cm³/mol. The molecule has 2 aromatic rings. The summed E-state index contributed by atoms with van der Waals surface area (Å²) in [7, 11) is 0. The SMILES string of the molecule is O=C(CNC(=O)c1csc(-c2cccc(C(F)(F)F)c2)n1)NCC(F)(F)F. The number of alkyl halides is 6. The average Bonchev–Trinajstić information content (AvgIpc) is 3.07. The van der Waals surface area contributed by atoms with Gasteiger partial charge in [-0.05, 0) is 12.1 Å². The summed E-state index contributed by atoms with van der Waals surface area (Å²) >= 11 is 0.910. The van der Waals surface area contributed by atoms with E-state index < -0.39 is 42.8 Å². The van der Waals surface area contributed by atoms with E-state index in [1.54, 1.807) is 5.32 Å². The second kappa shape index (κ2) is 7.94. The van der Waals surface area contributed by atoms with Gasteiger partial charge in [-0.1, -0.05) is 12.1 Å². The number of carbonyl (C=O) groups is 2. The van der Waals surface area contributed by atoms with Gasteiger partial charge in [-0.25, -0.2) is 4.98 Å². The lowest BCUT2D eigenvalue weighted by molar-refractivity contribution is -0.137. The van der Waals surface area contributed by atoms with Gasteiger partial charge in [0.05, 0.1) is 12.1 Å². The molecule has 27 heavy (non-hydrogen) atoms. The Bertz CT molecular complexity index is 831. The molecule has 1 aromatic carbocycles. The van der Waals surface area contributed by atoms with Crippen molar-refractivity contribution in [2.45, 2.75) is 12.4 Å². The minimum atomic E-state index is -4.57. The highest BCUT2D eigenvalue weighted by Crippen LogP contribution is 2.33. The van der Waals surface area contributed by atoms with Crippen LogP contribution in [-0.2, 0) is 11.0 Å². The maximum Gasteiger partial charge on any atom is 0.416 e. The van der Waals surface area contributed by atoms with Gasteiger partial charge in [-0.15, -0.1) is 11.3 Å². The van der Waals surface area contributed by atoms with E-state index in [0.717, 1.165) is 23.5 Å². The van der Waals surface area contributed by atoms with E-state index in [9.17, 15) is 35.9 Å². The molecule has 0 aliphatic carbocycles. The molecule has 2 N–H and O–H groups in total. The average molecular weight is 411 g/mol. The van der Waals surface area contributed by atoms with Crippen LogP contribution in [0.4, 0.5) is 26.3 Å². The number of amides is 2. The highest BCUT2D eigenvalue weighted by atomic mass is 32.1. The molecule has 2 rings (SSSR count). The Morgan fingerprint density at radius 3 is 2.41 bits per heavy atom. The van der Waals surface area contributed by atoms with Crippen molar-refractivity contribution in [3.8, 4) is 10.6 Å². The van der Waals surface area contributed by atoms with E-state index in [1.807, 2.05) is 0 Å². The summed E-state index contributed by atoms with van der Waals surface area (Å²) in [5, 5.41) is 5.07. The first-order valence-electron chi connectivity index (χ1n) is 7.20. The Labute approximate surface area is 152 Å². The molecule has 0 radical (unpaired) electrons. The molecule has 5 nitrogen and oxygen atoms in total. The Balaban J connectivity index is 1.99. The van der Waals surface area contributed by atoms with E-state index in [2.05, 4.69) is 10.3 Å². The van der Waals surface area contributed by atoms with Crippen molar-refractivity contribution in [2.75, 3.05) is 13.1 Å². The van der Waals surface area contributed by atoms with Gasteiger partial charge >= 0.3 is 12.4 Å². The predicted octanol–water partition coefficient (Wildman–Crippen LogP) is 3.24. The van der Waals surface area contributed by atoms with Gasteiger partial charge in [0.15, 0.2) is 0 Å². The van der Waals surface area contributed by atoms with Gasteiger partial charge in [0.1, 0.15) is 17.2 Å². The number of hydrogen-bond acceptors (Lipinski definition) is 4. The van der Waals surface area contributed by atoms with Crippen LogP contribution in [0, 0.1) is 0 Å². The number of carbonyl (C=O) groups excluding carboxylic acids is 2. The first-order chi connectivity index (χ1) is 12.5. The fourth-order valence-corrected chi connectivity index (χ4v) is 2.65. The minimum absolute atomic E-state index is 0.146. The molecule has 0 aliphatic rings. The van der Waals surface area contributed by atoms with Crippen LogP contribution in [0.15, 0.2) is 29.6 Å². The summed E-state index contributed by atoms with van der Waals surface area (Å²) in [4.78, 5) is 27.0. The minimum Gasteiger partial charge on any atom is -0.345 e. The van der Waals surface area contributed by atoms with Crippen molar-refractivity contribution in [2.24, 2.45) is 0 Å². The fraction of sp³-hybridized carbons (Fsp3) is 0.267. The third kappa shape index (κ3) is 6.24. The number of rotatable bonds is 5. The molecule has 1 heterocycles. The molecule has 0 saturated carbocycles. The highest BCUT2D eigenvalue weighted by molar-refractivity contribution is 7.13. The van der Waals surface area contributed by atoms with Crippen LogP contribution in [-0.4, -0.2) is 36.1 Å². The Morgan fingerprint density at radius 1 is 1.07 bits per heavy atom. The van der Waals surface area contributed by atoms with Crippen molar-refractivity contribution in [3.05, 3.63) is 40.9 Å². The van der Waals surface area contributed by atoms with E-state index in [4.69, 9.17) is 0 Å². The zero-order valence-corrected chi connectivity index (χ0v) is 14.1. The van der Waals surface area contributed by atoms with Crippen LogP contribution in [0.2, 0.25) is 0 Å². The van der Waals surface area contributed by atoms with Crippen LogP contribution < -0.4 is 10.6 Å². The van der Waals surface area contributed by atoms with E-state index in [1.165, 1.54) is 17.5 Å². The first kappa shape index (κ1) is 20.7. The van der Waals surface area contributed by atoms with Crippen molar-refractivity contribution in [3.63, 3.8) is 0 Å². The molecule has 0 aliphatic heterocycles. The van der Waals surface area contributed by atoms with Crippen molar-refractivity contribution in [1.29, 1.82) is 0 Å². The van der Waals surface area contributed by atoms with Crippen molar-refractivity contribution in [1.82, 2.24) is 15.6 Å². The number of nitrogens with zero attached hydrogens (tertiary/aromatic N) is 1. The molecule has 146 valence electrons. The quantitative estimate of drug-likeness (QED) is 0.743. The van der Waals surface area contributed by atoms with Crippen LogP contribution in [0.5, 0.6) is 0 Å². The first-order valence-corrected chi connectivity index (χ1v) is 8.08. The Kier molecular flexibility index (Phi) is 6.08. The summed E-state index contributed by atoms with van der Waals surface area (Å²) in [6.07, 6.45) is -9.11. The van der Waals surface area contributed by atoms with Gasteiger partial charge in [0.2, 0.25) is 5.91 Å². The van der Waals surface area contributed by atoms with Crippen LogP contribution in [0.1, 0.15) is 16.1 Å². The molecule has 1 aromatic heterocycles. The molecule has 0 fully saturated rings. The molecular formula is C15H11F6N3O2S. The molecule has 2 amide bonds. The Morgan fingerprint density at radius 2 is 1.78 bits per heavy atom. The third-order valence-corrected chi connectivity index (χ3v) is 3.96. The van der Waals surface area contributed by atoms with Gasteiger partial charge in [0.25, 0.3) is 5.91 Å². The monoisotopic (exact) mass is 411 g/mol. The van der Waals surface area contributed by atoms with Crippen LogP contribution in [0.25, 0.3) is 10.6 Å². The lowest BCUT2D eigenvalue weighted by Gasteiger charge is -2.08. The number of thiazole rings is 1.